The quantitative estimate of drug-likeness (QED) is 0.386. The van der Waals surface area contributed by atoms with Crippen LogP contribution in [0.15, 0.2) is 34.9 Å². The Balaban J connectivity index is 1.89. The van der Waals surface area contributed by atoms with E-state index in [0.717, 1.165) is 0 Å². The van der Waals surface area contributed by atoms with Gasteiger partial charge in [0.05, 0.1) is 28.0 Å². The van der Waals surface area contributed by atoms with E-state index in [1.807, 2.05) is 0 Å². The molecule has 0 fully saturated rings. The standard InChI is InChI=1S/C18H11BrF2N2O5/c1-18(2)27-13-7-9(19)15-14(17(13)28-18)12(3-4-22-15)26-16-10(20)5-8(23(24)25)6-11(16)21/h3-7H,1-2H3. The summed E-state index contributed by atoms with van der Waals surface area (Å²) in [6, 6.07) is 4.26. The van der Waals surface area contributed by atoms with E-state index in [4.69, 9.17) is 14.2 Å². The van der Waals surface area contributed by atoms with Crippen LogP contribution < -0.4 is 14.2 Å². The van der Waals surface area contributed by atoms with Gasteiger partial charge in [-0.3, -0.25) is 15.1 Å². The largest absolute Gasteiger partial charge is 0.450 e. The highest BCUT2D eigenvalue weighted by molar-refractivity contribution is 9.10. The molecule has 2 aromatic carbocycles. The number of hydrogen-bond donors (Lipinski definition) is 0. The van der Waals surface area contributed by atoms with Gasteiger partial charge in [-0.25, -0.2) is 8.78 Å². The van der Waals surface area contributed by atoms with Gasteiger partial charge < -0.3 is 14.2 Å². The molecule has 0 saturated carbocycles. The molecule has 0 aliphatic carbocycles. The Hall–Kier alpha value is -3.01. The van der Waals surface area contributed by atoms with E-state index in [2.05, 4.69) is 20.9 Å². The molecule has 1 aliphatic heterocycles. The van der Waals surface area contributed by atoms with Gasteiger partial charge in [0.25, 0.3) is 5.69 Å². The maximum absolute atomic E-state index is 14.3. The predicted octanol–water partition coefficient (Wildman–Crippen LogP) is 5.48. The number of nitrogens with zero attached hydrogens (tertiary/aromatic N) is 2. The van der Waals surface area contributed by atoms with Crippen LogP contribution in [0.4, 0.5) is 14.5 Å². The van der Waals surface area contributed by atoms with E-state index >= 15 is 0 Å². The number of rotatable bonds is 3. The van der Waals surface area contributed by atoms with Crippen molar-refractivity contribution in [3.05, 3.63) is 56.7 Å². The fourth-order valence-electron chi connectivity index (χ4n) is 2.87. The molecule has 0 spiro atoms. The van der Waals surface area contributed by atoms with Gasteiger partial charge in [-0.2, -0.15) is 0 Å². The lowest BCUT2D eigenvalue weighted by Crippen LogP contribution is -2.29. The van der Waals surface area contributed by atoms with Crippen LogP contribution in [0, 0.1) is 21.7 Å². The van der Waals surface area contributed by atoms with Gasteiger partial charge >= 0.3 is 0 Å². The minimum Gasteiger partial charge on any atom is -0.450 e. The van der Waals surface area contributed by atoms with E-state index < -0.39 is 33.8 Å². The number of halogens is 3. The van der Waals surface area contributed by atoms with E-state index in [1.165, 1.54) is 12.3 Å². The molecule has 1 aliphatic rings. The summed E-state index contributed by atoms with van der Waals surface area (Å²) in [5, 5.41) is 11.1. The van der Waals surface area contributed by atoms with Crippen molar-refractivity contribution in [3.63, 3.8) is 0 Å². The highest BCUT2D eigenvalue weighted by Crippen LogP contribution is 2.50. The molecule has 0 saturated heterocycles. The van der Waals surface area contributed by atoms with Crippen molar-refractivity contribution in [2.45, 2.75) is 19.6 Å². The Kier molecular flexibility index (Phi) is 4.11. The van der Waals surface area contributed by atoms with Gasteiger partial charge in [0, 0.05) is 30.6 Å². The summed E-state index contributed by atoms with van der Waals surface area (Å²) in [5.74, 6) is -3.37. The second-order valence-corrected chi connectivity index (χ2v) is 7.27. The second-order valence-electron chi connectivity index (χ2n) is 6.42. The fourth-order valence-corrected chi connectivity index (χ4v) is 3.38. The van der Waals surface area contributed by atoms with Crippen LogP contribution in [0.5, 0.6) is 23.0 Å². The van der Waals surface area contributed by atoms with Crippen molar-refractivity contribution in [1.29, 1.82) is 0 Å². The van der Waals surface area contributed by atoms with Crippen LogP contribution in [-0.2, 0) is 0 Å². The molecule has 144 valence electrons. The molecule has 2 heterocycles. The number of nitro groups is 1. The summed E-state index contributed by atoms with van der Waals surface area (Å²) in [5.41, 5.74) is -0.288. The van der Waals surface area contributed by atoms with Gasteiger partial charge in [-0.05, 0) is 22.0 Å². The molecule has 0 amide bonds. The first-order chi connectivity index (χ1) is 13.2. The molecule has 28 heavy (non-hydrogen) atoms. The molecule has 0 radical (unpaired) electrons. The average molecular weight is 453 g/mol. The third-order valence-corrected chi connectivity index (χ3v) is 4.56. The zero-order valence-electron chi connectivity index (χ0n) is 14.5. The van der Waals surface area contributed by atoms with Gasteiger partial charge in [0.1, 0.15) is 5.75 Å². The number of hydrogen-bond acceptors (Lipinski definition) is 6. The molecule has 3 aromatic rings. The number of fused-ring (bicyclic) bond motifs is 3. The monoisotopic (exact) mass is 452 g/mol. The number of benzene rings is 2. The summed E-state index contributed by atoms with van der Waals surface area (Å²) in [4.78, 5) is 14.1. The topological polar surface area (TPSA) is 83.7 Å². The van der Waals surface area contributed by atoms with Crippen molar-refractivity contribution >= 4 is 32.5 Å². The summed E-state index contributed by atoms with van der Waals surface area (Å²) in [6.07, 6.45) is 1.40. The van der Waals surface area contributed by atoms with Crippen LogP contribution in [0.25, 0.3) is 10.9 Å². The number of aromatic nitrogens is 1. The number of nitro benzene ring substituents is 1. The summed E-state index contributed by atoms with van der Waals surface area (Å²) in [7, 11) is 0. The fraction of sp³-hybridized carbons (Fsp3) is 0.167. The zero-order chi connectivity index (χ0) is 20.2. The van der Waals surface area contributed by atoms with E-state index in [1.54, 1.807) is 19.9 Å². The summed E-state index contributed by atoms with van der Waals surface area (Å²) in [6.45, 7) is 3.42. The Morgan fingerprint density at radius 3 is 2.54 bits per heavy atom. The van der Waals surface area contributed by atoms with Gasteiger partial charge in [-0.1, -0.05) is 0 Å². The van der Waals surface area contributed by atoms with Gasteiger partial charge in [-0.15, -0.1) is 0 Å². The molecule has 0 atom stereocenters. The molecular formula is C18H11BrF2N2O5. The molecule has 0 unspecified atom stereocenters. The molecule has 1 aromatic heterocycles. The highest BCUT2D eigenvalue weighted by atomic mass is 79.9. The van der Waals surface area contributed by atoms with Crippen LogP contribution in [0.2, 0.25) is 0 Å². The minimum absolute atomic E-state index is 0.0514. The van der Waals surface area contributed by atoms with Gasteiger partial charge in [0.15, 0.2) is 28.9 Å². The normalized spacial score (nSPS) is 14.3. The van der Waals surface area contributed by atoms with E-state index in [-0.39, 0.29) is 5.75 Å². The maximum Gasteiger partial charge on any atom is 0.275 e. The third kappa shape index (κ3) is 2.99. The van der Waals surface area contributed by atoms with Crippen molar-refractivity contribution < 1.29 is 27.9 Å². The van der Waals surface area contributed by atoms with Crippen molar-refractivity contribution in [3.8, 4) is 23.0 Å². The molecule has 0 bridgehead atoms. The minimum atomic E-state index is -1.21. The Morgan fingerprint density at radius 1 is 1.21 bits per heavy atom. The van der Waals surface area contributed by atoms with Crippen molar-refractivity contribution in [2.24, 2.45) is 0 Å². The zero-order valence-corrected chi connectivity index (χ0v) is 16.0. The molecule has 0 N–H and O–H groups in total. The molecule has 4 rings (SSSR count). The second kappa shape index (κ2) is 6.26. The van der Waals surface area contributed by atoms with Crippen LogP contribution >= 0.6 is 15.9 Å². The highest BCUT2D eigenvalue weighted by Gasteiger charge is 2.35. The molecular weight excluding hydrogens is 442 g/mol. The third-order valence-electron chi connectivity index (χ3n) is 3.96. The first-order valence-electron chi connectivity index (χ1n) is 7.97. The lowest BCUT2D eigenvalue weighted by Gasteiger charge is -2.16. The Bertz CT molecular complexity index is 1130. The first kappa shape index (κ1) is 18.4. The lowest BCUT2D eigenvalue weighted by atomic mass is 10.1. The van der Waals surface area contributed by atoms with E-state index in [9.17, 15) is 18.9 Å². The predicted molar refractivity (Wildman–Crippen MR) is 97.9 cm³/mol. The number of pyridine rings is 1. The van der Waals surface area contributed by atoms with Crippen LogP contribution in [0.1, 0.15) is 13.8 Å². The first-order valence-corrected chi connectivity index (χ1v) is 8.76. The summed E-state index contributed by atoms with van der Waals surface area (Å²) >= 11 is 3.39. The maximum atomic E-state index is 14.3. The molecule has 7 nitrogen and oxygen atoms in total. The van der Waals surface area contributed by atoms with Crippen LogP contribution in [0.3, 0.4) is 0 Å². The number of non-ortho nitro benzene ring substituents is 1. The van der Waals surface area contributed by atoms with Crippen molar-refractivity contribution in [1.82, 2.24) is 4.98 Å². The lowest BCUT2D eigenvalue weighted by molar-refractivity contribution is -0.385. The smallest absolute Gasteiger partial charge is 0.275 e. The van der Waals surface area contributed by atoms with Gasteiger partial charge in [0.2, 0.25) is 5.79 Å². The van der Waals surface area contributed by atoms with E-state index in [0.29, 0.717) is 39.0 Å². The Morgan fingerprint density at radius 2 is 1.89 bits per heavy atom. The summed E-state index contributed by atoms with van der Waals surface area (Å²) < 4.78 is 46.1. The van der Waals surface area contributed by atoms with Crippen LogP contribution in [-0.4, -0.2) is 15.7 Å². The average Bonchev–Trinajstić information content (AvgIpc) is 2.91. The SMILES string of the molecule is CC1(C)Oc2cc(Br)c3nccc(Oc4c(F)cc([N+](=O)[O-])cc4F)c3c2O1. The Labute approximate surface area is 165 Å². The molecule has 10 heteroatoms. The number of ether oxygens (including phenoxy) is 3. The van der Waals surface area contributed by atoms with Crippen molar-refractivity contribution in [2.75, 3.05) is 0 Å².